The molecule has 4 nitrogen and oxygen atoms in total. The summed E-state index contributed by atoms with van der Waals surface area (Å²) in [6.07, 6.45) is 1.21. The van der Waals surface area contributed by atoms with E-state index in [-0.39, 0.29) is 11.1 Å². The zero-order chi connectivity index (χ0) is 17.5. The number of amides is 1. The number of benzene rings is 2. The molecule has 0 aromatic heterocycles. The van der Waals surface area contributed by atoms with Crippen LogP contribution in [0, 0.1) is 17.1 Å². The Bertz CT molecular complexity index is 811. The standard InChI is InChI=1S/C18H14BrFN2O2/c1-2-24-16-6-4-15(5-7-16)22-18(23)13(11-21)9-12-10-14(19)3-8-17(12)20/h3-10H,2H2,1H3,(H,22,23)/b13-9+. The van der Waals surface area contributed by atoms with Crippen molar-refractivity contribution in [3.8, 4) is 11.8 Å². The number of nitrogens with zero attached hydrogens (tertiary/aromatic N) is 1. The highest BCUT2D eigenvalue weighted by atomic mass is 79.9. The molecule has 0 saturated carbocycles. The highest BCUT2D eigenvalue weighted by Crippen LogP contribution is 2.20. The van der Waals surface area contributed by atoms with Gasteiger partial charge < -0.3 is 10.1 Å². The first-order valence-electron chi connectivity index (χ1n) is 7.14. The van der Waals surface area contributed by atoms with Crippen LogP contribution in [0.1, 0.15) is 12.5 Å². The minimum Gasteiger partial charge on any atom is -0.494 e. The van der Waals surface area contributed by atoms with Crippen LogP contribution in [0.15, 0.2) is 52.5 Å². The van der Waals surface area contributed by atoms with E-state index in [9.17, 15) is 14.4 Å². The van der Waals surface area contributed by atoms with Gasteiger partial charge in [0.15, 0.2) is 0 Å². The molecule has 0 aliphatic carbocycles. The van der Waals surface area contributed by atoms with Crippen LogP contribution in [-0.2, 0) is 4.79 Å². The molecular weight excluding hydrogens is 375 g/mol. The van der Waals surface area contributed by atoms with Crippen molar-refractivity contribution in [2.45, 2.75) is 6.92 Å². The van der Waals surface area contributed by atoms with E-state index in [1.807, 2.05) is 6.92 Å². The Morgan fingerprint density at radius 3 is 2.67 bits per heavy atom. The fraction of sp³-hybridized carbons (Fsp3) is 0.111. The van der Waals surface area contributed by atoms with Crippen molar-refractivity contribution in [2.24, 2.45) is 0 Å². The second-order valence-corrected chi connectivity index (χ2v) is 5.66. The van der Waals surface area contributed by atoms with Crippen LogP contribution < -0.4 is 10.1 Å². The Balaban J connectivity index is 2.18. The average molecular weight is 389 g/mol. The lowest BCUT2D eigenvalue weighted by atomic mass is 10.1. The number of ether oxygens (including phenoxy) is 1. The van der Waals surface area contributed by atoms with Crippen LogP contribution in [-0.4, -0.2) is 12.5 Å². The summed E-state index contributed by atoms with van der Waals surface area (Å²) >= 11 is 3.23. The van der Waals surface area contributed by atoms with Gasteiger partial charge in [-0.05, 0) is 55.5 Å². The van der Waals surface area contributed by atoms with Gasteiger partial charge in [0.25, 0.3) is 5.91 Å². The molecule has 2 aromatic rings. The molecule has 0 radical (unpaired) electrons. The second kappa shape index (κ2) is 8.27. The van der Waals surface area contributed by atoms with Crippen molar-refractivity contribution in [1.82, 2.24) is 0 Å². The number of nitrogens with one attached hydrogen (secondary N) is 1. The van der Waals surface area contributed by atoms with E-state index < -0.39 is 11.7 Å². The maximum absolute atomic E-state index is 13.8. The number of rotatable bonds is 5. The van der Waals surface area contributed by atoms with Crippen LogP contribution in [0.5, 0.6) is 5.75 Å². The first kappa shape index (κ1) is 17.7. The molecule has 0 bridgehead atoms. The van der Waals surface area contributed by atoms with Crippen molar-refractivity contribution >= 4 is 33.6 Å². The van der Waals surface area contributed by atoms with Gasteiger partial charge in [-0.1, -0.05) is 15.9 Å². The molecule has 2 aromatic carbocycles. The van der Waals surface area contributed by atoms with E-state index in [1.165, 1.54) is 18.2 Å². The Hall–Kier alpha value is -2.65. The van der Waals surface area contributed by atoms with E-state index in [2.05, 4.69) is 21.2 Å². The van der Waals surface area contributed by atoms with Crippen LogP contribution >= 0.6 is 15.9 Å². The lowest BCUT2D eigenvalue weighted by molar-refractivity contribution is -0.112. The Labute approximate surface area is 147 Å². The monoisotopic (exact) mass is 388 g/mol. The largest absolute Gasteiger partial charge is 0.494 e. The molecule has 0 atom stereocenters. The third-order valence-electron chi connectivity index (χ3n) is 3.05. The van der Waals surface area contributed by atoms with Crippen molar-refractivity contribution in [3.63, 3.8) is 0 Å². The zero-order valence-electron chi connectivity index (χ0n) is 12.8. The van der Waals surface area contributed by atoms with Gasteiger partial charge >= 0.3 is 0 Å². The van der Waals surface area contributed by atoms with Gasteiger partial charge in [-0.15, -0.1) is 0 Å². The predicted molar refractivity (Wildman–Crippen MR) is 93.9 cm³/mol. The van der Waals surface area contributed by atoms with E-state index in [0.29, 0.717) is 22.5 Å². The number of carbonyl (C=O) groups excluding carboxylic acids is 1. The van der Waals surface area contributed by atoms with Gasteiger partial charge in [0.1, 0.15) is 23.2 Å². The topological polar surface area (TPSA) is 62.1 Å². The number of halogens is 2. The molecular formula is C18H14BrFN2O2. The number of anilines is 1. The molecule has 0 heterocycles. The highest BCUT2D eigenvalue weighted by Gasteiger charge is 2.11. The fourth-order valence-corrected chi connectivity index (χ4v) is 2.31. The van der Waals surface area contributed by atoms with Gasteiger partial charge in [-0.2, -0.15) is 5.26 Å². The van der Waals surface area contributed by atoms with E-state index in [1.54, 1.807) is 36.4 Å². The molecule has 1 N–H and O–H groups in total. The Morgan fingerprint density at radius 1 is 1.33 bits per heavy atom. The van der Waals surface area contributed by atoms with Gasteiger partial charge in [0, 0.05) is 15.7 Å². The second-order valence-electron chi connectivity index (χ2n) is 4.75. The fourth-order valence-electron chi connectivity index (χ4n) is 1.93. The number of hydrogen-bond acceptors (Lipinski definition) is 3. The first-order chi connectivity index (χ1) is 11.5. The maximum atomic E-state index is 13.8. The number of carbonyl (C=O) groups is 1. The summed E-state index contributed by atoms with van der Waals surface area (Å²) in [6, 6.07) is 12.8. The van der Waals surface area contributed by atoms with E-state index >= 15 is 0 Å². The minimum absolute atomic E-state index is 0.155. The van der Waals surface area contributed by atoms with Crippen LogP contribution in [0.3, 0.4) is 0 Å². The van der Waals surface area contributed by atoms with Crippen LogP contribution in [0.25, 0.3) is 6.08 Å². The lowest BCUT2D eigenvalue weighted by Gasteiger charge is -2.07. The molecule has 0 aliphatic heterocycles. The zero-order valence-corrected chi connectivity index (χ0v) is 14.4. The summed E-state index contributed by atoms with van der Waals surface area (Å²) in [7, 11) is 0. The summed E-state index contributed by atoms with van der Waals surface area (Å²) in [6.45, 7) is 2.42. The molecule has 2 rings (SSSR count). The summed E-state index contributed by atoms with van der Waals surface area (Å²) < 4.78 is 19.7. The van der Waals surface area contributed by atoms with Crippen LogP contribution in [0.2, 0.25) is 0 Å². The summed E-state index contributed by atoms with van der Waals surface area (Å²) in [5.41, 5.74) is 0.475. The third kappa shape index (κ3) is 4.67. The van der Waals surface area contributed by atoms with Gasteiger partial charge in [-0.25, -0.2) is 4.39 Å². The van der Waals surface area contributed by atoms with Crippen molar-refractivity contribution in [1.29, 1.82) is 5.26 Å². The summed E-state index contributed by atoms with van der Waals surface area (Å²) in [4.78, 5) is 12.2. The molecule has 122 valence electrons. The minimum atomic E-state index is -0.610. The molecule has 0 unspecified atom stereocenters. The Morgan fingerprint density at radius 2 is 2.04 bits per heavy atom. The van der Waals surface area contributed by atoms with Crippen LogP contribution in [0.4, 0.5) is 10.1 Å². The van der Waals surface area contributed by atoms with E-state index in [0.717, 1.165) is 0 Å². The quantitative estimate of drug-likeness (QED) is 0.604. The third-order valence-corrected chi connectivity index (χ3v) is 3.54. The average Bonchev–Trinajstić information content (AvgIpc) is 2.57. The van der Waals surface area contributed by atoms with Crippen molar-refractivity contribution < 1.29 is 13.9 Å². The van der Waals surface area contributed by atoms with Gasteiger partial charge in [0.05, 0.1) is 6.61 Å². The molecule has 0 fully saturated rings. The van der Waals surface area contributed by atoms with Gasteiger partial charge in [-0.3, -0.25) is 4.79 Å². The molecule has 0 saturated heterocycles. The molecule has 1 amide bonds. The van der Waals surface area contributed by atoms with Crippen molar-refractivity contribution in [2.75, 3.05) is 11.9 Å². The molecule has 6 heteroatoms. The van der Waals surface area contributed by atoms with Gasteiger partial charge in [0.2, 0.25) is 0 Å². The smallest absolute Gasteiger partial charge is 0.266 e. The van der Waals surface area contributed by atoms with E-state index in [4.69, 9.17) is 4.74 Å². The lowest BCUT2D eigenvalue weighted by Crippen LogP contribution is -2.13. The highest BCUT2D eigenvalue weighted by molar-refractivity contribution is 9.10. The molecule has 24 heavy (non-hydrogen) atoms. The molecule has 0 spiro atoms. The maximum Gasteiger partial charge on any atom is 0.266 e. The first-order valence-corrected chi connectivity index (χ1v) is 7.94. The number of nitriles is 1. The molecule has 0 aliphatic rings. The normalized spacial score (nSPS) is 10.8. The summed E-state index contributed by atoms with van der Waals surface area (Å²) in [5.74, 6) is -0.441. The number of hydrogen-bond donors (Lipinski definition) is 1. The summed E-state index contributed by atoms with van der Waals surface area (Å²) in [5, 5.41) is 11.8. The SMILES string of the molecule is CCOc1ccc(NC(=O)/C(C#N)=C/c2cc(Br)ccc2F)cc1. The van der Waals surface area contributed by atoms with Crippen molar-refractivity contribution in [3.05, 3.63) is 63.9 Å². The Kier molecular flexibility index (Phi) is 6.10. The predicted octanol–water partition coefficient (Wildman–Crippen LogP) is 4.53.